The monoisotopic (exact) mass is 250 g/mol. The topological polar surface area (TPSA) is 25.9 Å². The van der Waals surface area contributed by atoms with E-state index in [9.17, 15) is 4.79 Å². The van der Waals surface area contributed by atoms with E-state index in [1.165, 1.54) is 0 Å². The highest BCUT2D eigenvalue weighted by Gasteiger charge is 2.21. The molecule has 0 spiro atoms. The number of nitrogens with zero attached hydrogens (tertiary/aromatic N) is 2. The van der Waals surface area contributed by atoms with E-state index in [1.807, 2.05) is 55.1 Å². The molecule has 0 saturated carbocycles. The van der Waals surface area contributed by atoms with Crippen molar-refractivity contribution >= 4 is 5.91 Å². The number of carbonyl (C=O) groups excluding carboxylic acids is 1. The van der Waals surface area contributed by atoms with Gasteiger partial charge in [-0.25, -0.2) is 9.36 Å². The summed E-state index contributed by atoms with van der Waals surface area (Å²) in [6.07, 6.45) is 5.42. The van der Waals surface area contributed by atoms with Crippen molar-refractivity contribution in [2.75, 3.05) is 0 Å². The maximum atomic E-state index is 12.1. The highest BCUT2D eigenvalue weighted by molar-refractivity contribution is 5.85. The van der Waals surface area contributed by atoms with Crippen LogP contribution in [0.15, 0.2) is 49.1 Å². The molecule has 0 amide bonds. The van der Waals surface area contributed by atoms with Gasteiger partial charge in [0.15, 0.2) is 0 Å². The lowest BCUT2D eigenvalue weighted by atomic mass is 10.0. The smallest absolute Gasteiger partial charge is 0.321 e. The van der Waals surface area contributed by atoms with Gasteiger partial charge in [-0.3, -0.25) is 0 Å². The summed E-state index contributed by atoms with van der Waals surface area (Å²) in [5, 5.41) is 0. The van der Waals surface area contributed by atoms with Gasteiger partial charge in [-0.2, -0.15) is 4.57 Å². The highest BCUT2D eigenvalue weighted by atomic mass is 35.5. The zero-order valence-corrected chi connectivity index (χ0v) is 10.6. The number of carbonyl (C=O) groups is 1. The molecular formula is C13H15ClN2O. The van der Waals surface area contributed by atoms with Crippen molar-refractivity contribution in [1.82, 2.24) is 4.57 Å². The molecule has 0 aliphatic heterocycles. The van der Waals surface area contributed by atoms with Crippen LogP contribution in [0.5, 0.6) is 0 Å². The summed E-state index contributed by atoms with van der Waals surface area (Å²) in [4.78, 5) is 12.1. The molecule has 0 fully saturated rings. The second kappa shape index (κ2) is 5.64. The molecule has 0 radical (unpaired) electrons. The van der Waals surface area contributed by atoms with Gasteiger partial charge in [0.1, 0.15) is 12.4 Å². The van der Waals surface area contributed by atoms with Crippen molar-refractivity contribution in [3.8, 4) is 0 Å². The number of halogens is 1. The highest BCUT2D eigenvalue weighted by Crippen LogP contribution is 2.16. The maximum Gasteiger partial charge on any atom is 0.321 e. The minimum absolute atomic E-state index is 0. The van der Waals surface area contributed by atoms with Crippen molar-refractivity contribution in [2.24, 2.45) is 7.05 Å². The Bertz CT molecular complexity index is 493. The number of benzene rings is 1. The molecule has 1 atom stereocenters. The number of aromatic nitrogens is 2. The molecule has 0 N–H and O–H groups in total. The van der Waals surface area contributed by atoms with Gasteiger partial charge in [-0.15, -0.1) is 0 Å². The largest absolute Gasteiger partial charge is 1.00 e. The van der Waals surface area contributed by atoms with Gasteiger partial charge < -0.3 is 12.4 Å². The van der Waals surface area contributed by atoms with Crippen molar-refractivity contribution in [3.63, 3.8) is 0 Å². The van der Waals surface area contributed by atoms with Crippen LogP contribution in [-0.4, -0.2) is 10.5 Å². The molecule has 2 rings (SSSR count). The lowest BCUT2D eigenvalue weighted by molar-refractivity contribution is -0.670. The van der Waals surface area contributed by atoms with Gasteiger partial charge >= 0.3 is 5.91 Å². The molecule has 1 aromatic heterocycles. The second-order valence-electron chi connectivity index (χ2n) is 3.96. The molecule has 1 heterocycles. The van der Waals surface area contributed by atoms with Gasteiger partial charge in [-0.1, -0.05) is 30.3 Å². The van der Waals surface area contributed by atoms with E-state index in [-0.39, 0.29) is 24.2 Å². The van der Waals surface area contributed by atoms with E-state index in [2.05, 4.69) is 0 Å². The van der Waals surface area contributed by atoms with E-state index in [0.29, 0.717) is 0 Å². The first-order valence-electron chi connectivity index (χ1n) is 5.31. The van der Waals surface area contributed by atoms with Crippen molar-refractivity contribution in [1.29, 1.82) is 0 Å². The third-order valence-corrected chi connectivity index (χ3v) is 2.69. The van der Waals surface area contributed by atoms with E-state index in [0.717, 1.165) is 5.56 Å². The Labute approximate surface area is 107 Å². The molecule has 0 saturated heterocycles. The lowest BCUT2D eigenvalue weighted by Crippen LogP contribution is -3.00. The predicted octanol–water partition coefficient (Wildman–Crippen LogP) is -1.24. The summed E-state index contributed by atoms with van der Waals surface area (Å²) in [5.41, 5.74) is 1.05. The lowest BCUT2D eigenvalue weighted by Gasteiger charge is -2.06. The fourth-order valence-electron chi connectivity index (χ4n) is 1.69. The van der Waals surface area contributed by atoms with Gasteiger partial charge in [0.2, 0.25) is 0 Å². The van der Waals surface area contributed by atoms with Crippen molar-refractivity contribution < 1.29 is 21.8 Å². The van der Waals surface area contributed by atoms with Crippen LogP contribution in [-0.2, 0) is 7.05 Å². The summed E-state index contributed by atoms with van der Waals surface area (Å²) < 4.78 is 3.48. The molecule has 3 nitrogen and oxygen atoms in total. The minimum atomic E-state index is -0.117. The summed E-state index contributed by atoms with van der Waals surface area (Å²) in [6.45, 7) is 1.93. The number of imidazole rings is 1. The number of hydrogen-bond acceptors (Lipinski definition) is 1. The molecule has 17 heavy (non-hydrogen) atoms. The molecule has 0 unspecified atom stereocenters. The van der Waals surface area contributed by atoms with Crippen LogP contribution in [0.4, 0.5) is 0 Å². The summed E-state index contributed by atoms with van der Waals surface area (Å²) >= 11 is 0. The van der Waals surface area contributed by atoms with Crippen LogP contribution >= 0.6 is 0 Å². The van der Waals surface area contributed by atoms with E-state index in [1.54, 1.807) is 17.1 Å². The number of rotatable bonds is 2. The van der Waals surface area contributed by atoms with Crippen LogP contribution in [0.2, 0.25) is 0 Å². The van der Waals surface area contributed by atoms with E-state index in [4.69, 9.17) is 0 Å². The normalized spacial score (nSPS) is 11.6. The fourth-order valence-corrected chi connectivity index (χ4v) is 1.69. The molecule has 0 aliphatic carbocycles. The molecular weight excluding hydrogens is 236 g/mol. The number of aryl methyl sites for hydroxylation is 1. The predicted molar refractivity (Wildman–Crippen MR) is 61.1 cm³/mol. The van der Waals surface area contributed by atoms with Crippen LogP contribution in [0, 0.1) is 0 Å². The van der Waals surface area contributed by atoms with Gasteiger partial charge in [0.05, 0.1) is 13.0 Å². The minimum Gasteiger partial charge on any atom is -1.00 e. The average Bonchev–Trinajstić information content (AvgIpc) is 2.75. The van der Waals surface area contributed by atoms with Crippen LogP contribution in [0.1, 0.15) is 23.2 Å². The van der Waals surface area contributed by atoms with Crippen LogP contribution in [0.3, 0.4) is 0 Å². The Morgan fingerprint density at radius 3 is 2.47 bits per heavy atom. The summed E-state index contributed by atoms with van der Waals surface area (Å²) in [6, 6.07) is 9.82. The molecule has 90 valence electrons. The van der Waals surface area contributed by atoms with Gasteiger partial charge in [-0.05, 0) is 12.5 Å². The third kappa shape index (κ3) is 2.94. The van der Waals surface area contributed by atoms with Crippen molar-refractivity contribution in [3.05, 3.63) is 54.6 Å². The maximum absolute atomic E-state index is 12.1. The molecule has 0 aliphatic rings. The first-order valence-corrected chi connectivity index (χ1v) is 5.31. The molecule has 4 heteroatoms. The van der Waals surface area contributed by atoms with Crippen molar-refractivity contribution in [2.45, 2.75) is 12.8 Å². The SMILES string of the molecule is C[C@H](C(=O)n1cc[n+](C)c1)c1ccccc1.[Cl-]. The fraction of sp³-hybridized carbons (Fsp3) is 0.231. The van der Waals surface area contributed by atoms with E-state index >= 15 is 0 Å². The Morgan fingerprint density at radius 2 is 1.94 bits per heavy atom. The second-order valence-corrected chi connectivity index (χ2v) is 3.96. The molecule has 0 bridgehead atoms. The van der Waals surface area contributed by atoms with Crippen LogP contribution < -0.4 is 17.0 Å². The Morgan fingerprint density at radius 1 is 1.29 bits per heavy atom. The van der Waals surface area contributed by atoms with Gasteiger partial charge in [0, 0.05) is 0 Å². The summed E-state index contributed by atoms with van der Waals surface area (Å²) in [7, 11) is 1.90. The molecule has 1 aromatic carbocycles. The quantitative estimate of drug-likeness (QED) is 0.613. The number of hydrogen-bond donors (Lipinski definition) is 0. The summed E-state index contributed by atoms with van der Waals surface area (Å²) in [5.74, 6) is -0.0274. The zero-order valence-electron chi connectivity index (χ0n) is 9.88. The van der Waals surface area contributed by atoms with E-state index < -0.39 is 0 Å². The third-order valence-electron chi connectivity index (χ3n) is 2.69. The standard InChI is InChI=1S/C13H15N2O.ClH/c1-11(12-6-4-3-5-7-12)13(16)15-9-8-14(2)10-15;/h3-11H,1-2H3;1H/q+1;/p-1/t11-;/m0./s1. The first-order chi connectivity index (χ1) is 7.68. The Balaban J connectivity index is 0.00000144. The van der Waals surface area contributed by atoms with Crippen LogP contribution in [0.25, 0.3) is 0 Å². The Hall–Kier alpha value is -1.61. The average molecular weight is 251 g/mol. The Kier molecular flexibility index (Phi) is 4.46. The molecule has 2 aromatic rings. The van der Waals surface area contributed by atoms with Gasteiger partial charge in [0.25, 0.3) is 6.33 Å². The zero-order chi connectivity index (χ0) is 11.5. The first kappa shape index (κ1) is 13.5.